The summed E-state index contributed by atoms with van der Waals surface area (Å²) in [5.74, 6) is 1.46. The van der Waals surface area contributed by atoms with Crippen LogP contribution in [0.15, 0.2) is 24.3 Å². The molecule has 0 aromatic heterocycles. The summed E-state index contributed by atoms with van der Waals surface area (Å²) in [4.78, 5) is 0. The Morgan fingerprint density at radius 2 is 1.94 bits per heavy atom. The van der Waals surface area contributed by atoms with Crippen molar-refractivity contribution >= 4 is 0 Å². The van der Waals surface area contributed by atoms with Crippen molar-refractivity contribution in [1.82, 2.24) is 5.32 Å². The third-order valence-electron chi connectivity index (χ3n) is 2.93. The molecule has 102 valence electrons. The summed E-state index contributed by atoms with van der Waals surface area (Å²) in [6.07, 6.45) is 0.732. The summed E-state index contributed by atoms with van der Waals surface area (Å²) in [5, 5.41) is 12.6. The number of likely N-dealkylation sites (N-methyl/N-ethyl adjacent to an activating group) is 1. The standard InChI is InChI=1S/C14H23NO3/c1-4-15-14(2,11-16)9-10-18-13-8-6-5-7-12(13)17-3/h5-8,15-16H,4,9-11H2,1-3H3. The first kappa shape index (κ1) is 14.8. The molecule has 0 radical (unpaired) electrons. The molecule has 18 heavy (non-hydrogen) atoms. The van der Waals surface area contributed by atoms with E-state index < -0.39 is 0 Å². The largest absolute Gasteiger partial charge is 0.493 e. The molecule has 0 bridgehead atoms. The summed E-state index contributed by atoms with van der Waals surface area (Å²) in [7, 11) is 1.62. The highest BCUT2D eigenvalue weighted by atomic mass is 16.5. The van der Waals surface area contributed by atoms with Crippen molar-refractivity contribution in [2.75, 3.05) is 26.9 Å². The normalized spacial score (nSPS) is 14.0. The topological polar surface area (TPSA) is 50.7 Å². The van der Waals surface area contributed by atoms with Crippen LogP contribution in [-0.2, 0) is 0 Å². The van der Waals surface area contributed by atoms with Crippen molar-refractivity contribution in [2.45, 2.75) is 25.8 Å². The van der Waals surface area contributed by atoms with E-state index in [1.165, 1.54) is 0 Å². The van der Waals surface area contributed by atoms with Crippen molar-refractivity contribution in [3.63, 3.8) is 0 Å². The summed E-state index contributed by atoms with van der Waals surface area (Å²) in [6.45, 7) is 5.46. The predicted molar refractivity (Wildman–Crippen MR) is 72.3 cm³/mol. The molecule has 0 spiro atoms. The quantitative estimate of drug-likeness (QED) is 0.742. The second-order valence-electron chi connectivity index (χ2n) is 4.50. The molecule has 0 amide bonds. The van der Waals surface area contributed by atoms with E-state index in [0.29, 0.717) is 6.61 Å². The van der Waals surface area contributed by atoms with Gasteiger partial charge in [-0.15, -0.1) is 0 Å². The first-order valence-electron chi connectivity index (χ1n) is 6.27. The number of para-hydroxylation sites is 2. The fourth-order valence-corrected chi connectivity index (χ4v) is 1.77. The zero-order chi connectivity index (χ0) is 13.4. The molecule has 0 aliphatic carbocycles. The van der Waals surface area contributed by atoms with Crippen molar-refractivity contribution < 1.29 is 14.6 Å². The van der Waals surface area contributed by atoms with E-state index in [2.05, 4.69) is 5.32 Å². The third-order valence-corrected chi connectivity index (χ3v) is 2.93. The van der Waals surface area contributed by atoms with Gasteiger partial charge < -0.3 is 19.9 Å². The number of aliphatic hydroxyl groups excluding tert-OH is 1. The average Bonchev–Trinajstić information content (AvgIpc) is 2.39. The van der Waals surface area contributed by atoms with Crippen LogP contribution in [0.5, 0.6) is 11.5 Å². The van der Waals surface area contributed by atoms with Crippen LogP contribution >= 0.6 is 0 Å². The maximum atomic E-state index is 9.37. The number of aliphatic hydroxyl groups is 1. The molecule has 1 unspecified atom stereocenters. The van der Waals surface area contributed by atoms with Crippen LogP contribution in [0.25, 0.3) is 0 Å². The van der Waals surface area contributed by atoms with Gasteiger partial charge in [0.25, 0.3) is 0 Å². The van der Waals surface area contributed by atoms with E-state index in [4.69, 9.17) is 9.47 Å². The number of methoxy groups -OCH3 is 1. The highest BCUT2D eigenvalue weighted by molar-refractivity contribution is 5.39. The molecule has 0 saturated heterocycles. The molecule has 0 saturated carbocycles. The molecule has 0 aliphatic rings. The van der Waals surface area contributed by atoms with Crippen molar-refractivity contribution in [3.8, 4) is 11.5 Å². The van der Waals surface area contributed by atoms with Crippen molar-refractivity contribution in [3.05, 3.63) is 24.3 Å². The number of rotatable bonds is 8. The average molecular weight is 253 g/mol. The highest BCUT2D eigenvalue weighted by Crippen LogP contribution is 2.26. The van der Waals surface area contributed by atoms with Gasteiger partial charge in [-0.3, -0.25) is 0 Å². The van der Waals surface area contributed by atoms with Crippen molar-refractivity contribution in [2.24, 2.45) is 0 Å². The molecule has 4 heteroatoms. The van der Waals surface area contributed by atoms with Gasteiger partial charge in [0.05, 0.1) is 20.3 Å². The van der Waals surface area contributed by atoms with E-state index in [1.54, 1.807) is 7.11 Å². The Kier molecular flexibility index (Phi) is 5.95. The second kappa shape index (κ2) is 7.24. The van der Waals surface area contributed by atoms with Gasteiger partial charge in [-0.25, -0.2) is 0 Å². The Hall–Kier alpha value is -1.26. The predicted octanol–water partition coefficient (Wildman–Crippen LogP) is 1.82. The van der Waals surface area contributed by atoms with Crippen LogP contribution in [0.1, 0.15) is 20.3 Å². The molecular formula is C14H23NO3. The minimum atomic E-state index is -0.295. The molecule has 0 heterocycles. The second-order valence-corrected chi connectivity index (χ2v) is 4.50. The minimum absolute atomic E-state index is 0.0934. The lowest BCUT2D eigenvalue weighted by molar-refractivity contribution is 0.144. The van der Waals surface area contributed by atoms with Gasteiger partial charge in [0.2, 0.25) is 0 Å². The van der Waals surface area contributed by atoms with Crippen LogP contribution in [0.2, 0.25) is 0 Å². The molecule has 1 atom stereocenters. The fraction of sp³-hybridized carbons (Fsp3) is 0.571. The summed E-state index contributed by atoms with van der Waals surface area (Å²) in [5.41, 5.74) is -0.295. The molecule has 1 rings (SSSR count). The number of hydrogen-bond donors (Lipinski definition) is 2. The number of nitrogens with one attached hydrogen (secondary N) is 1. The number of hydrogen-bond acceptors (Lipinski definition) is 4. The number of ether oxygens (including phenoxy) is 2. The Balaban J connectivity index is 2.50. The molecule has 0 aliphatic heterocycles. The SMILES string of the molecule is CCNC(C)(CO)CCOc1ccccc1OC. The van der Waals surface area contributed by atoms with E-state index in [9.17, 15) is 5.11 Å². The van der Waals surface area contributed by atoms with Gasteiger partial charge in [0.15, 0.2) is 11.5 Å². The summed E-state index contributed by atoms with van der Waals surface area (Å²) in [6, 6.07) is 7.56. The molecule has 2 N–H and O–H groups in total. The van der Waals surface area contributed by atoms with E-state index in [0.717, 1.165) is 24.5 Å². The van der Waals surface area contributed by atoms with Gasteiger partial charge in [0.1, 0.15) is 0 Å². The zero-order valence-corrected chi connectivity index (χ0v) is 11.4. The number of benzene rings is 1. The van der Waals surface area contributed by atoms with Crippen molar-refractivity contribution in [1.29, 1.82) is 0 Å². The van der Waals surface area contributed by atoms with Gasteiger partial charge in [-0.05, 0) is 25.6 Å². The highest BCUT2D eigenvalue weighted by Gasteiger charge is 2.21. The van der Waals surface area contributed by atoms with Crippen LogP contribution in [0.3, 0.4) is 0 Å². The first-order valence-corrected chi connectivity index (χ1v) is 6.27. The molecule has 1 aromatic carbocycles. The molecular weight excluding hydrogens is 230 g/mol. The molecule has 1 aromatic rings. The third kappa shape index (κ3) is 4.20. The van der Waals surface area contributed by atoms with Gasteiger partial charge in [-0.2, -0.15) is 0 Å². The maximum absolute atomic E-state index is 9.37. The maximum Gasteiger partial charge on any atom is 0.161 e. The fourth-order valence-electron chi connectivity index (χ4n) is 1.77. The lowest BCUT2D eigenvalue weighted by atomic mass is 10.00. The molecule has 0 fully saturated rings. The van der Waals surface area contributed by atoms with Gasteiger partial charge in [0, 0.05) is 12.0 Å². The lowest BCUT2D eigenvalue weighted by Gasteiger charge is -2.28. The Labute approximate surface area is 109 Å². The van der Waals surface area contributed by atoms with Gasteiger partial charge in [-0.1, -0.05) is 19.1 Å². The zero-order valence-electron chi connectivity index (χ0n) is 11.4. The van der Waals surface area contributed by atoms with E-state index in [-0.39, 0.29) is 12.1 Å². The van der Waals surface area contributed by atoms with E-state index in [1.807, 2.05) is 38.1 Å². The first-order chi connectivity index (χ1) is 8.65. The van der Waals surface area contributed by atoms with Crippen LogP contribution in [0, 0.1) is 0 Å². The monoisotopic (exact) mass is 253 g/mol. The van der Waals surface area contributed by atoms with Crippen LogP contribution in [-0.4, -0.2) is 37.5 Å². The van der Waals surface area contributed by atoms with E-state index >= 15 is 0 Å². The Morgan fingerprint density at radius 1 is 1.28 bits per heavy atom. The van der Waals surface area contributed by atoms with Gasteiger partial charge >= 0.3 is 0 Å². The molecule has 4 nitrogen and oxygen atoms in total. The smallest absolute Gasteiger partial charge is 0.161 e. The summed E-state index contributed by atoms with van der Waals surface area (Å²) >= 11 is 0. The Bertz CT molecular complexity index is 357. The van der Waals surface area contributed by atoms with Crippen LogP contribution < -0.4 is 14.8 Å². The minimum Gasteiger partial charge on any atom is -0.493 e. The summed E-state index contributed by atoms with van der Waals surface area (Å²) < 4.78 is 10.9. The Morgan fingerprint density at radius 3 is 2.50 bits per heavy atom. The van der Waals surface area contributed by atoms with Crippen LogP contribution in [0.4, 0.5) is 0 Å². The lowest BCUT2D eigenvalue weighted by Crippen LogP contribution is -2.46.